The largest absolute Gasteiger partial charge is 0.508 e. The molecule has 3 amide bonds. The van der Waals surface area contributed by atoms with E-state index in [0.29, 0.717) is 24.2 Å². The van der Waals surface area contributed by atoms with Crippen molar-refractivity contribution >= 4 is 23.5 Å². The van der Waals surface area contributed by atoms with Gasteiger partial charge in [0.15, 0.2) is 0 Å². The number of carbonyl (C=O) groups is 3. The van der Waals surface area contributed by atoms with Crippen LogP contribution in [0.1, 0.15) is 30.2 Å². The summed E-state index contributed by atoms with van der Waals surface area (Å²) < 4.78 is 30.4. The first kappa shape index (κ1) is 37.4. The summed E-state index contributed by atoms with van der Waals surface area (Å²) in [6.07, 6.45) is 0.743. The van der Waals surface area contributed by atoms with Crippen molar-refractivity contribution in [3.63, 3.8) is 0 Å². The van der Waals surface area contributed by atoms with Crippen LogP contribution in [0, 0.1) is 11.6 Å². The average Bonchev–Trinajstić information content (AvgIpc) is 3.12. The summed E-state index contributed by atoms with van der Waals surface area (Å²) in [7, 11) is 2.16. The zero-order valence-electron chi connectivity index (χ0n) is 30.9. The Morgan fingerprint density at radius 2 is 1.74 bits per heavy atom. The molecule has 54 heavy (non-hydrogen) atoms. The van der Waals surface area contributed by atoms with Gasteiger partial charge in [-0.3, -0.25) is 19.3 Å². The summed E-state index contributed by atoms with van der Waals surface area (Å²) in [6, 6.07) is 16.4. The lowest BCUT2D eigenvalue weighted by molar-refractivity contribution is -0.205. The Labute approximate surface area is 314 Å². The maximum Gasteiger partial charge on any atom is 0.246 e. The maximum atomic E-state index is 15.2. The number of phenolic OH excluding ortho intramolecular Hbond substituents is 1. The third-order valence-electron chi connectivity index (χ3n) is 11.3. The Kier molecular flexibility index (Phi) is 11.0. The molecule has 4 saturated heterocycles. The third kappa shape index (κ3) is 7.68. The van der Waals surface area contributed by atoms with Gasteiger partial charge in [0, 0.05) is 81.9 Å². The molecule has 7 rings (SSSR count). The molecule has 3 atom stereocenters. The van der Waals surface area contributed by atoms with Crippen LogP contribution >= 0.6 is 0 Å². The van der Waals surface area contributed by atoms with Crippen LogP contribution < -0.4 is 4.90 Å². The fourth-order valence-electron chi connectivity index (χ4n) is 8.10. The normalized spacial score (nSPS) is 23.1. The quantitative estimate of drug-likeness (QED) is 0.297. The van der Waals surface area contributed by atoms with E-state index in [-0.39, 0.29) is 38.5 Å². The highest BCUT2D eigenvalue weighted by Crippen LogP contribution is 2.32. The zero-order valence-corrected chi connectivity index (χ0v) is 30.9. The number of hydrazine groups is 1. The molecule has 12 nitrogen and oxygen atoms in total. The van der Waals surface area contributed by atoms with Crippen LogP contribution in [0.5, 0.6) is 5.75 Å². The van der Waals surface area contributed by atoms with Crippen molar-refractivity contribution in [1.29, 1.82) is 0 Å². The van der Waals surface area contributed by atoms with Gasteiger partial charge in [-0.15, -0.1) is 6.58 Å². The SMILES string of the molecule is C=CCN1CC(=O)N2C(CN(Cc3cccc(N4CC(N5CCN(C)[C@@H](C)C5)C4)n3)C(=O)[C@@H]2Cc2c(F)cc(O)cc2F)N1C(=O)CCc1ccccc1. The summed E-state index contributed by atoms with van der Waals surface area (Å²) in [5.41, 5.74) is 1.15. The first-order chi connectivity index (χ1) is 26.0. The molecule has 1 aromatic heterocycles. The highest BCUT2D eigenvalue weighted by molar-refractivity contribution is 5.92. The van der Waals surface area contributed by atoms with Crippen LogP contribution in [0.3, 0.4) is 0 Å². The molecule has 0 saturated carbocycles. The van der Waals surface area contributed by atoms with Crippen LogP contribution in [0.4, 0.5) is 14.6 Å². The molecule has 3 aromatic rings. The number of carbonyl (C=O) groups excluding carboxylic acids is 3. The molecule has 4 aliphatic rings. The predicted octanol–water partition coefficient (Wildman–Crippen LogP) is 2.88. The molecule has 0 radical (unpaired) electrons. The molecule has 0 spiro atoms. The molecule has 5 heterocycles. The number of phenols is 1. The van der Waals surface area contributed by atoms with Gasteiger partial charge in [0.2, 0.25) is 17.7 Å². The lowest BCUT2D eigenvalue weighted by atomic mass is 9.97. The lowest BCUT2D eigenvalue weighted by Crippen LogP contribution is -2.76. The number of halogens is 2. The van der Waals surface area contributed by atoms with Gasteiger partial charge in [-0.1, -0.05) is 42.5 Å². The van der Waals surface area contributed by atoms with Crippen molar-refractivity contribution in [1.82, 2.24) is 34.6 Å². The summed E-state index contributed by atoms with van der Waals surface area (Å²) in [5, 5.41) is 13.0. The Hall–Kier alpha value is -4.92. The smallest absolute Gasteiger partial charge is 0.246 e. The fourth-order valence-corrected chi connectivity index (χ4v) is 8.10. The van der Waals surface area contributed by atoms with E-state index in [2.05, 4.69) is 35.3 Å². The first-order valence-corrected chi connectivity index (χ1v) is 18.6. The third-order valence-corrected chi connectivity index (χ3v) is 11.3. The molecular formula is C40H48F2N8O4. The molecule has 1 N–H and O–H groups in total. The number of amides is 3. The highest BCUT2D eigenvalue weighted by atomic mass is 19.1. The van der Waals surface area contributed by atoms with Gasteiger partial charge >= 0.3 is 0 Å². The molecular weight excluding hydrogens is 694 g/mol. The molecule has 0 aliphatic carbocycles. The van der Waals surface area contributed by atoms with E-state index < -0.39 is 53.4 Å². The molecule has 2 aromatic carbocycles. The van der Waals surface area contributed by atoms with E-state index in [1.165, 1.54) is 14.8 Å². The van der Waals surface area contributed by atoms with E-state index in [9.17, 15) is 19.5 Å². The number of anilines is 1. The number of nitrogens with zero attached hydrogens (tertiary/aromatic N) is 8. The van der Waals surface area contributed by atoms with Gasteiger partial charge < -0.3 is 24.7 Å². The lowest BCUT2D eigenvalue weighted by Gasteiger charge is -2.55. The van der Waals surface area contributed by atoms with Crippen LogP contribution in [0.2, 0.25) is 0 Å². The second kappa shape index (κ2) is 15.8. The predicted molar refractivity (Wildman–Crippen MR) is 199 cm³/mol. The molecule has 286 valence electrons. The van der Waals surface area contributed by atoms with Gasteiger partial charge in [-0.05, 0) is 38.1 Å². The maximum absolute atomic E-state index is 15.2. The number of likely N-dealkylation sites (N-methyl/N-ethyl adjacent to an activating group) is 1. The number of aromatic nitrogens is 1. The van der Waals surface area contributed by atoms with Gasteiger partial charge in [-0.2, -0.15) is 0 Å². The zero-order chi connectivity index (χ0) is 38.1. The van der Waals surface area contributed by atoms with Crippen LogP contribution in [0.25, 0.3) is 0 Å². The Morgan fingerprint density at radius 3 is 2.44 bits per heavy atom. The second-order valence-corrected chi connectivity index (χ2v) is 14.8. The number of aryl methyl sites for hydroxylation is 1. The number of pyridine rings is 1. The molecule has 0 bridgehead atoms. The molecule has 1 unspecified atom stereocenters. The van der Waals surface area contributed by atoms with Gasteiger partial charge in [-0.25, -0.2) is 23.8 Å². The van der Waals surface area contributed by atoms with Crippen LogP contribution in [-0.2, 0) is 33.8 Å². The van der Waals surface area contributed by atoms with Gasteiger partial charge in [0.1, 0.15) is 35.4 Å². The number of rotatable bonds is 11. The van der Waals surface area contributed by atoms with Crippen molar-refractivity contribution in [3.05, 3.63) is 102 Å². The average molecular weight is 743 g/mol. The fraction of sp³-hybridized carbons (Fsp3) is 0.450. The minimum atomic E-state index is -1.33. The van der Waals surface area contributed by atoms with E-state index >= 15 is 8.78 Å². The van der Waals surface area contributed by atoms with Crippen molar-refractivity contribution in [3.8, 4) is 5.75 Å². The summed E-state index contributed by atoms with van der Waals surface area (Å²) in [6.45, 7) is 10.9. The first-order valence-electron chi connectivity index (χ1n) is 18.6. The van der Waals surface area contributed by atoms with Crippen LogP contribution in [-0.4, -0.2) is 141 Å². The van der Waals surface area contributed by atoms with E-state index in [1.807, 2.05) is 48.5 Å². The Balaban J connectivity index is 1.16. The topological polar surface area (TPSA) is 107 Å². The van der Waals surface area contributed by atoms with Crippen molar-refractivity contribution in [2.75, 3.05) is 64.3 Å². The van der Waals surface area contributed by atoms with Crippen molar-refractivity contribution < 1.29 is 28.3 Å². The molecule has 4 fully saturated rings. The van der Waals surface area contributed by atoms with Crippen molar-refractivity contribution in [2.24, 2.45) is 0 Å². The summed E-state index contributed by atoms with van der Waals surface area (Å²) >= 11 is 0. The molecule has 14 heteroatoms. The Bertz CT molecular complexity index is 1850. The van der Waals surface area contributed by atoms with Gasteiger partial charge in [0.25, 0.3) is 0 Å². The number of aromatic hydroxyl groups is 1. The second-order valence-electron chi connectivity index (χ2n) is 14.8. The number of fused-ring (bicyclic) bond motifs is 1. The minimum absolute atomic E-state index is 0.0361. The van der Waals surface area contributed by atoms with E-state index in [4.69, 9.17) is 4.98 Å². The number of benzene rings is 2. The minimum Gasteiger partial charge on any atom is -0.508 e. The number of piperazine rings is 2. The summed E-state index contributed by atoms with van der Waals surface area (Å²) in [5.74, 6) is -3.09. The van der Waals surface area contributed by atoms with Gasteiger partial charge in [0.05, 0.1) is 25.3 Å². The van der Waals surface area contributed by atoms with E-state index in [0.717, 1.165) is 56.2 Å². The monoisotopic (exact) mass is 742 g/mol. The number of hydrogen-bond donors (Lipinski definition) is 1. The highest BCUT2D eigenvalue weighted by Gasteiger charge is 2.51. The van der Waals surface area contributed by atoms with Crippen LogP contribution in [0.15, 0.2) is 73.3 Å². The Morgan fingerprint density at radius 1 is 1.00 bits per heavy atom. The standard InChI is InChI=1S/C40H48F2N8O4/c1-4-15-48-26-39(53)49-35(20-32-33(41)18-31(51)19-34(32)42)40(54)47(25-37(49)50(48)38(52)14-13-28-9-6-5-7-10-28)22-29-11-8-12-36(43-29)46-23-30(24-46)45-17-16-44(3)27(2)21-45/h4-12,18-19,27,30,35,37,51H,1,13-17,20-26H2,2-3H3/t27-,35-,37?/m0/s1. The molecule has 4 aliphatic heterocycles. The summed E-state index contributed by atoms with van der Waals surface area (Å²) in [4.78, 5) is 57.4. The van der Waals surface area contributed by atoms with E-state index in [1.54, 1.807) is 11.1 Å². The van der Waals surface area contributed by atoms with Crippen molar-refractivity contribution in [2.45, 2.75) is 57.0 Å². The number of hydrogen-bond acceptors (Lipinski definition) is 9.